The van der Waals surface area contributed by atoms with E-state index >= 15 is 8.78 Å². The molecular weight excluding hydrogens is 683 g/mol. The molecule has 0 spiro atoms. The van der Waals surface area contributed by atoms with Gasteiger partial charge < -0.3 is 19.9 Å². The van der Waals surface area contributed by atoms with E-state index < -0.39 is 50.2 Å². The lowest BCUT2D eigenvalue weighted by atomic mass is 9.77. The van der Waals surface area contributed by atoms with E-state index in [0.29, 0.717) is 5.75 Å². The molecule has 0 saturated carbocycles. The van der Waals surface area contributed by atoms with Gasteiger partial charge in [0.15, 0.2) is 29.2 Å². The van der Waals surface area contributed by atoms with Crippen LogP contribution in [0.1, 0.15) is 50.6 Å². The summed E-state index contributed by atoms with van der Waals surface area (Å²) in [7, 11) is -2.75. The molecular formula is C36H40F2N5O7P. The Morgan fingerprint density at radius 3 is 2.20 bits per heavy atom. The monoisotopic (exact) mass is 723 g/mol. The number of alkyl halides is 2. The second-order valence-corrected chi connectivity index (χ2v) is 14.0. The lowest BCUT2D eigenvalue weighted by Crippen LogP contribution is -2.52. The van der Waals surface area contributed by atoms with E-state index in [9.17, 15) is 9.67 Å². The summed E-state index contributed by atoms with van der Waals surface area (Å²) in [5, 5.41) is 15.1. The molecule has 6 rings (SSSR count). The fraction of sp³-hybridized carbons (Fsp3) is 0.361. The second-order valence-electron chi connectivity index (χ2n) is 12.4. The van der Waals surface area contributed by atoms with Gasteiger partial charge in [-0.05, 0) is 56.5 Å². The van der Waals surface area contributed by atoms with Crippen LogP contribution in [-0.4, -0.2) is 69.0 Å². The number of halogens is 2. The fourth-order valence-corrected chi connectivity index (χ4v) is 7.77. The number of hydrogen-bond acceptors (Lipinski definition) is 11. The lowest BCUT2D eigenvalue weighted by Gasteiger charge is -2.40. The number of aliphatic hydroxyl groups is 1. The average molecular weight is 724 g/mol. The van der Waals surface area contributed by atoms with Crippen LogP contribution in [0.4, 0.5) is 14.7 Å². The first-order chi connectivity index (χ1) is 24.4. The Morgan fingerprint density at radius 1 is 1.02 bits per heavy atom. The predicted molar refractivity (Wildman–Crippen MR) is 186 cm³/mol. The Hall–Kier alpha value is -4.46. The Labute approximate surface area is 294 Å². The molecule has 1 unspecified atom stereocenters. The number of nitrogens with zero attached hydrogens (tertiary/aromatic N) is 4. The normalized spacial score (nSPS) is 21.3. The highest BCUT2D eigenvalue weighted by atomic mass is 31.2. The highest BCUT2D eigenvalue weighted by molar-refractivity contribution is 7.48. The molecule has 15 heteroatoms. The quantitative estimate of drug-likeness (QED) is 0.0947. The average Bonchev–Trinajstić information content (AvgIpc) is 3.56. The molecule has 1 saturated heterocycles. The minimum Gasteiger partial charge on any atom is -0.497 e. The van der Waals surface area contributed by atoms with E-state index in [4.69, 9.17) is 33.0 Å². The van der Waals surface area contributed by atoms with Gasteiger partial charge in [-0.25, -0.2) is 18.3 Å². The van der Waals surface area contributed by atoms with Gasteiger partial charge >= 0.3 is 7.82 Å². The van der Waals surface area contributed by atoms with Gasteiger partial charge in [0, 0.05) is 0 Å². The number of phosphoric ester groups is 1. The molecule has 3 aromatic carbocycles. The molecule has 1 aliphatic heterocycles. The van der Waals surface area contributed by atoms with Gasteiger partial charge in [0.1, 0.15) is 17.4 Å². The molecule has 5 atom stereocenters. The number of fused-ring (bicyclic) bond motifs is 1. The Balaban J connectivity index is 1.49. The smallest absolute Gasteiger partial charge is 0.475 e. The zero-order valence-corrected chi connectivity index (χ0v) is 29.7. The van der Waals surface area contributed by atoms with Crippen molar-refractivity contribution in [2.45, 2.75) is 63.5 Å². The van der Waals surface area contributed by atoms with Crippen molar-refractivity contribution in [2.24, 2.45) is 0 Å². The SMILES string of the molecule is CCOc1nc(NC(c2ccccc2)(c2ccccc2)c2ccc(OC)cc2)nc2c1ncn2[C@H](O)[C@](C)(F)[C@@H]1OP(=O)(OC(C)C)OC[C@@H]1F. The van der Waals surface area contributed by atoms with Gasteiger partial charge in [0.25, 0.3) is 0 Å². The molecule has 1 fully saturated rings. The molecule has 270 valence electrons. The molecule has 3 heterocycles. The van der Waals surface area contributed by atoms with E-state index in [1.54, 1.807) is 27.9 Å². The summed E-state index contributed by atoms with van der Waals surface area (Å²) in [6, 6.07) is 26.9. The molecule has 2 aromatic heterocycles. The number of aliphatic hydroxyl groups excluding tert-OH is 1. The van der Waals surface area contributed by atoms with Crippen LogP contribution < -0.4 is 14.8 Å². The van der Waals surface area contributed by atoms with Gasteiger partial charge in [-0.1, -0.05) is 72.8 Å². The summed E-state index contributed by atoms with van der Waals surface area (Å²) in [6.45, 7) is 5.29. The minimum absolute atomic E-state index is 0.0267. The van der Waals surface area contributed by atoms with Gasteiger partial charge in [0.05, 0.1) is 32.8 Å². The summed E-state index contributed by atoms with van der Waals surface area (Å²) in [5.41, 5.74) is -1.41. The number of phosphoric acid groups is 1. The van der Waals surface area contributed by atoms with Crippen LogP contribution in [0.5, 0.6) is 11.6 Å². The van der Waals surface area contributed by atoms with Crippen LogP contribution in [0.2, 0.25) is 0 Å². The number of ether oxygens (including phenoxy) is 2. The summed E-state index contributed by atoms with van der Waals surface area (Å²) in [4.78, 5) is 13.8. The van der Waals surface area contributed by atoms with Crippen molar-refractivity contribution in [2.75, 3.05) is 25.6 Å². The summed E-state index contributed by atoms with van der Waals surface area (Å²) in [6.07, 6.45) is -5.74. The van der Waals surface area contributed by atoms with Crippen molar-refractivity contribution in [1.29, 1.82) is 0 Å². The van der Waals surface area contributed by atoms with Gasteiger partial charge in [-0.15, -0.1) is 0 Å². The van der Waals surface area contributed by atoms with Crippen LogP contribution in [0.15, 0.2) is 91.3 Å². The Kier molecular flexibility index (Phi) is 10.4. The maximum Gasteiger partial charge on any atom is 0.475 e. The van der Waals surface area contributed by atoms with Gasteiger partial charge in [0.2, 0.25) is 11.8 Å². The zero-order valence-electron chi connectivity index (χ0n) is 28.8. The molecule has 2 N–H and O–H groups in total. The van der Waals surface area contributed by atoms with E-state index in [0.717, 1.165) is 34.5 Å². The van der Waals surface area contributed by atoms with Crippen molar-refractivity contribution in [1.82, 2.24) is 19.5 Å². The van der Waals surface area contributed by atoms with E-state index in [1.165, 1.54) is 0 Å². The first-order valence-electron chi connectivity index (χ1n) is 16.5. The van der Waals surface area contributed by atoms with Gasteiger partial charge in [-0.2, -0.15) is 9.97 Å². The third-order valence-corrected chi connectivity index (χ3v) is 10.2. The molecule has 1 aliphatic rings. The maximum absolute atomic E-state index is 16.7. The lowest BCUT2D eigenvalue weighted by molar-refractivity contribution is -0.154. The highest BCUT2D eigenvalue weighted by Gasteiger charge is 2.55. The van der Waals surface area contributed by atoms with E-state index in [1.807, 2.05) is 84.9 Å². The van der Waals surface area contributed by atoms with Crippen LogP contribution in [0.25, 0.3) is 11.2 Å². The number of hydrogen-bond donors (Lipinski definition) is 2. The Bertz CT molecular complexity index is 1940. The standard InChI is InChI=1S/C36H40F2N5O7P/c1-6-47-32-29-31(43(22-39-29)33(44)35(4,38)30-28(37)21-48-51(45,50-30)49-23(2)3)40-34(41-32)42-36(24-13-9-7-10-14-24,25-15-11-8-12-16-25)26-17-19-27(46-5)20-18-26/h7-20,22-23,28,30,33,44H,6,21H2,1-5H3,(H,40,41,42)/t28-,30+,33+,35+,51?/m0/s1. The third-order valence-electron chi connectivity index (χ3n) is 8.53. The van der Waals surface area contributed by atoms with Crippen molar-refractivity contribution >= 4 is 24.9 Å². The van der Waals surface area contributed by atoms with E-state index in [-0.39, 0.29) is 29.6 Å². The predicted octanol–water partition coefficient (Wildman–Crippen LogP) is 7.14. The summed E-state index contributed by atoms with van der Waals surface area (Å²) < 4.78 is 73.0. The van der Waals surface area contributed by atoms with Crippen LogP contribution in [0, 0.1) is 0 Å². The van der Waals surface area contributed by atoms with Crippen LogP contribution >= 0.6 is 7.82 Å². The molecule has 51 heavy (non-hydrogen) atoms. The van der Waals surface area contributed by atoms with Crippen molar-refractivity contribution < 1.29 is 41.5 Å². The molecule has 12 nitrogen and oxygen atoms in total. The number of anilines is 1. The van der Waals surface area contributed by atoms with Crippen LogP contribution in [-0.2, 0) is 23.7 Å². The highest BCUT2D eigenvalue weighted by Crippen LogP contribution is 2.57. The Morgan fingerprint density at radius 2 is 1.63 bits per heavy atom. The number of nitrogens with one attached hydrogen (secondary N) is 1. The zero-order chi connectivity index (χ0) is 36.4. The third kappa shape index (κ3) is 7.07. The molecule has 5 aromatic rings. The molecule has 0 radical (unpaired) electrons. The number of benzene rings is 3. The molecule has 0 aliphatic carbocycles. The van der Waals surface area contributed by atoms with E-state index in [2.05, 4.69) is 10.3 Å². The molecule has 0 bridgehead atoms. The number of imidazole rings is 1. The largest absolute Gasteiger partial charge is 0.497 e. The van der Waals surface area contributed by atoms with Crippen molar-refractivity contribution in [3.05, 3.63) is 108 Å². The van der Waals surface area contributed by atoms with Gasteiger partial charge in [-0.3, -0.25) is 18.1 Å². The topological polar surface area (TPSA) is 139 Å². The van der Waals surface area contributed by atoms with Crippen molar-refractivity contribution in [3.63, 3.8) is 0 Å². The first kappa shape index (κ1) is 36.3. The number of aromatic nitrogens is 4. The maximum atomic E-state index is 16.7. The summed E-state index contributed by atoms with van der Waals surface area (Å²) >= 11 is 0. The number of rotatable bonds is 13. The molecule has 0 amide bonds. The minimum atomic E-state index is -4.35. The summed E-state index contributed by atoms with van der Waals surface area (Å²) in [5.74, 6) is 0.764. The second kappa shape index (κ2) is 14.6. The van der Waals surface area contributed by atoms with Crippen LogP contribution in [0.3, 0.4) is 0 Å². The number of methoxy groups -OCH3 is 1. The van der Waals surface area contributed by atoms with Crippen molar-refractivity contribution in [3.8, 4) is 11.6 Å². The first-order valence-corrected chi connectivity index (χ1v) is 17.9. The fourth-order valence-electron chi connectivity index (χ4n) is 6.14.